The summed E-state index contributed by atoms with van der Waals surface area (Å²) in [6, 6.07) is 5.30. The normalized spacial score (nSPS) is 11.4. The highest BCUT2D eigenvalue weighted by molar-refractivity contribution is 5.42. The Hall–Kier alpha value is -1.43. The molecule has 1 aromatic rings. The first kappa shape index (κ1) is 15.6. The number of hydrogen-bond donors (Lipinski definition) is 1. The van der Waals surface area contributed by atoms with Crippen LogP contribution in [0.1, 0.15) is 18.9 Å². The molecule has 0 fully saturated rings. The molecule has 0 atom stereocenters. The molecule has 0 aliphatic carbocycles. The van der Waals surface area contributed by atoms with Gasteiger partial charge in [0.05, 0.1) is 20.1 Å². The number of benzene rings is 1. The molecule has 3 nitrogen and oxygen atoms in total. The predicted octanol–water partition coefficient (Wildman–Crippen LogP) is 3.14. The number of ether oxygens (including phenoxy) is 2. The third-order valence-corrected chi connectivity index (χ3v) is 2.44. The topological polar surface area (TPSA) is 30.5 Å². The maximum Gasteiger partial charge on any atom is 0.390 e. The van der Waals surface area contributed by atoms with Crippen molar-refractivity contribution in [2.24, 2.45) is 0 Å². The Morgan fingerprint density at radius 2 is 1.95 bits per heavy atom. The summed E-state index contributed by atoms with van der Waals surface area (Å²) in [5, 5.41) is 2.75. The smallest absolute Gasteiger partial charge is 0.390 e. The molecule has 1 aromatic carbocycles. The van der Waals surface area contributed by atoms with Gasteiger partial charge in [0.15, 0.2) is 11.5 Å². The van der Waals surface area contributed by atoms with Crippen LogP contribution in [0.4, 0.5) is 13.2 Å². The minimum atomic E-state index is -4.12. The van der Waals surface area contributed by atoms with Gasteiger partial charge in [0.25, 0.3) is 0 Å². The Kier molecular flexibility index (Phi) is 5.95. The molecule has 0 spiro atoms. The highest BCUT2D eigenvalue weighted by Gasteiger charge is 2.25. The Bertz CT molecular complexity index is 394. The second kappa shape index (κ2) is 7.23. The zero-order valence-electron chi connectivity index (χ0n) is 11.0. The Labute approximate surface area is 110 Å². The lowest BCUT2D eigenvalue weighted by Gasteiger charge is -2.12. The summed E-state index contributed by atoms with van der Waals surface area (Å²) in [6.45, 7) is 2.62. The molecule has 1 rings (SSSR count). The van der Waals surface area contributed by atoms with E-state index in [1.54, 1.807) is 25.3 Å². The molecule has 108 valence electrons. The fourth-order valence-corrected chi connectivity index (χ4v) is 1.56. The molecule has 0 amide bonds. The average Bonchev–Trinajstić information content (AvgIpc) is 2.34. The van der Waals surface area contributed by atoms with Gasteiger partial charge in [-0.25, -0.2) is 0 Å². The molecule has 6 heteroatoms. The van der Waals surface area contributed by atoms with Crippen LogP contribution < -0.4 is 14.8 Å². The lowest BCUT2D eigenvalue weighted by Crippen LogP contribution is -2.21. The first-order valence-corrected chi connectivity index (χ1v) is 6.03. The highest BCUT2D eigenvalue weighted by atomic mass is 19.4. The molecule has 19 heavy (non-hydrogen) atoms. The number of nitrogens with one attached hydrogen (secondary N) is 1. The Morgan fingerprint density at radius 3 is 2.53 bits per heavy atom. The van der Waals surface area contributed by atoms with Gasteiger partial charge in [-0.15, -0.1) is 0 Å². The second-order valence-electron chi connectivity index (χ2n) is 3.96. The number of rotatable bonds is 7. The van der Waals surface area contributed by atoms with Crippen molar-refractivity contribution >= 4 is 0 Å². The van der Waals surface area contributed by atoms with Crippen LogP contribution in [0.5, 0.6) is 11.5 Å². The van der Waals surface area contributed by atoms with Gasteiger partial charge in [0, 0.05) is 13.1 Å². The van der Waals surface area contributed by atoms with Crippen molar-refractivity contribution in [3.8, 4) is 11.5 Å². The number of halogens is 3. The van der Waals surface area contributed by atoms with E-state index in [0.29, 0.717) is 24.7 Å². The summed E-state index contributed by atoms with van der Waals surface area (Å²) in [4.78, 5) is 0. The zero-order valence-corrected chi connectivity index (χ0v) is 11.0. The quantitative estimate of drug-likeness (QED) is 0.777. The van der Waals surface area contributed by atoms with Gasteiger partial charge in [-0.05, 0) is 24.6 Å². The van der Waals surface area contributed by atoms with E-state index in [1.807, 2.05) is 6.92 Å². The van der Waals surface area contributed by atoms with E-state index in [0.717, 1.165) is 5.56 Å². The minimum Gasteiger partial charge on any atom is -0.493 e. The maximum absolute atomic E-state index is 12.0. The lowest BCUT2D eigenvalue weighted by atomic mass is 10.2. The van der Waals surface area contributed by atoms with Crippen LogP contribution >= 0.6 is 0 Å². The maximum atomic E-state index is 12.0. The van der Waals surface area contributed by atoms with Gasteiger partial charge < -0.3 is 14.8 Å². The monoisotopic (exact) mass is 277 g/mol. The zero-order chi connectivity index (χ0) is 14.3. The summed E-state index contributed by atoms with van der Waals surface area (Å²) >= 11 is 0. The van der Waals surface area contributed by atoms with Gasteiger partial charge in [-0.3, -0.25) is 0 Å². The molecule has 0 aromatic heterocycles. The van der Waals surface area contributed by atoms with Crippen molar-refractivity contribution in [2.45, 2.75) is 26.1 Å². The molecule has 0 bridgehead atoms. The molecule has 0 aliphatic heterocycles. The van der Waals surface area contributed by atoms with E-state index >= 15 is 0 Å². The first-order valence-electron chi connectivity index (χ1n) is 6.03. The first-order chi connectivity index (χ1) is 8.96. The summed E-state index contributed by atoms with van der Waals surface area (Å²) in [5.41, 5.74) is 0.853. The third kappa shape index (κ3) is 5.83. The summed E-state index contributed by atoms with van der Waals surface area (Å²) in [5.74, 6) is 1.21. The van der Waals surface area contributed by atoms with E-state index < -0.39 is 12.6 Å². The van der Waals surface area contributed by atoms with Crippen LogP contribution in [-0.4, -0.2) is 26.4 Å². The van der Waals surface area contributed by atoms with Crippen molar-refractivity contribution in [3.63, 3.8) is 0 Å². The molecule has 0 unspecified atom stereocenters. The third-order valence-electron chi connectivity index (χ3n) is 2.44. The van der Waals surface area contributed by atoms with E-state index in [-0.39, 0.29) is 6.54 Å². The van der Waals surface area contributed by atoms with Crippen LogP contribution in [0.15, 0.2) is 18.2 Å². The van der Waals surface area contributed by atoms with Crippen molar-refractivity contribution < 1.29 is 22.6 Å². The SMILES string of the molecule is CCOc1cc(CNCCC(F)(F)F)ccc1OC. The Morgan fingerprint density at radius 1 is 1.21 bits per heavy atom. The van der Waals surface area contributed by atoms with E-state index in [2.05, 4.69) is 5.32 Å². The van der Waals surface area contributed by atoms with Gasteiger partial charge in [0.1, 0.15) is 0 Å². The molecule has 0 radical (unpaired) electrons. The molecule has 0 aliphatic rings. The number of methoxy groups -OCH3 is 1. The van der Waals surface area contributed by atoms with Crippen LogP contribution in [0.25, 0.3) is 0 Å². The minimum absolute atomic E-state index is 0.0977. The largest absolute Gasteiger partial charge is 0.493 e. The van der Waals surface area contributed by atoms with E-state index in [9.17, 15) is 13.2 Å². The van der Waals surface area contributed by atoms with Crippen molar-refractivity contribution in [2.75, 3.05) is 20.3 Å². The molecule has 0 saturated carbocycles. The number of alkyl halides is 3. The molecule has 1 N–H and O–H groups in total. The van der Waals surface area contributed by atoms with Crippen molar-refractivity contribution in [1.29, 1.82) is 0 Å². The summed E-state index contributed by atoms with van der Waals surface area (Å²) in [6.07, 6.45) is -4.95. The Balaban J connectivity index is 2.52. The molecular formula is C13H18F3NO2. The second-order valence-corrected chi connectivity index (χ2v) is 3.96. The fraction of sp³-hybridized carbons (Fsp3) is 0.538. The van der Waals surface area contributed by atoms with Crippen LogP contribution in [0.3, 0.4) is 0 Å². The average molecular weight is 277 g/mol. The lowest BCUT2D eigenvalue weighted by molar-refractivity contribution is -0.133. The van der Waals surface area contributed by atoms with Gasteiger partial charge in [0.2, 0.25) is 0 Å². The van der Waals surface area contributed by atoms with E-state index in [1.165, 1.54) is 0 Å². The standard InChI is InChI=1S/C13H18F3NO2/c1-3-19-12-8-10(4-5-11(12)18-2)9-17-7-6-13(14,15)16/h4-5,8,17H,3,6-7,9H2,1-2H3. The number of hydrogen-bond acceptors (Lipinski definition) is 3. The van der Waals surface area contributed by atoms with Crippen LogP contribution in [0.2, 0.25) is 0 Å². The molecular weight excluding hydrogens is 259 g/mol. The summed E-state index contributed by atoms with van der Waals surface area (Å²) < 4.78 is 46.4. The van der Waals surface area contributed by atoms with Crippen LogP contribution in [0, 0.1) is 0 Å². The molecule has 0 heterocycles. The van der Waals surface area contributed by atoms with Gasteiger partial charge in [-0.1, -0.05) is 6.07 Å². The highest BCUT2D eigenvalue weighted by Crippen LogP contribution is 2.28. The van der Waals surface area contributed by atoms with E-state index in [4.69, 9.17) is 9.47 Å². The van der Waals surface area contributed by atoms with Gasteiger partial charge in [-0.2, -0.15) is 13.2 Å². The van der Waals surface area contributed by atoms with Crippen molar-refractivity contribution in [1.82, 2.24) is 5.32 Å². The summed E-state index contributed by atoms with van der Waals surface area (Å²) in [7, 11) is 1.54. The van der Waals surface area contributed by atoms with Crippen molar-refractivity contribution in [3.05, 3.63) is 23.8 Å². The van der Waals surface area contributed by atoms with Gasteiger partial charge >= 0.3 is 6.18 Å². The predicted molar refractivity (Wildman–Crippen MR) is 66.5 cm³/mol. The molecule has 0 saturated heterocycles. The fourth-order valence-electron chi connectivity index (χ4n) is 1.56. The van der Waals surface area contributed by atoms with Crippen LogP contribution in [-0.2, 0) is 6.54 Å².